The molecule has 0 spiro atoms. The Hall–Kier alpha value is -0.570. The maximum atomic E-state index is 10.7. The van der Waals surface area contributed by atoms with Crippen LogP contribution >= 0.6 is 0 Å². The first-order chi connectivity index (χ1) is 6.65. The Morgan fingerprint density at radius 2 is 2.29 bits per heavy atom. The van der Waals surface area contributed by atoms with E-state index in [2.05, 4.69) is 6.92 Å². The minimum Gasteiger partial charge on any atom is -0.481 e. The van der Waals surface area contributed by atoms with Gasteiger partial charge in [0.15, 0.2) is 0 Å². The molecule has 3 nitrogen and oxygen atoms in total. The molecule has 3 heteroatoms. The molecule has 1 aliphatic carbocycles. The number of carboxylic acids is 1. The van der Waals surface area contributed by atoms with Crippen LogP contribution in [-0.4, -0.2) is 17.1 Å². The summed E-state index contributed by atoms with van der Waals surface area (Å²) in [6.45, 7) is 2.15. The van der Waals surface area contributed by atoms with Gasteiger partial charge in [0.25, 0.3) is 0 Å². The van der Waals surface area contributed by atoms with E-state index in [9.17, 15) is 4.79 Å². The lowest BCUT2D eigenvalue weighted by Crippen LogP contribution is -2.28. The second-order valence-corrected chi connectivity index (χ2v) is 4.41. The molecule has 1 aliphatic rings. The van der Waals surface area contributed by atoms with Crippen molar-refractivity contribution in [2.45, 2.75) is 51.5 Å². The number of nitrogens with two attached hydrogens (primary N) is 1. The van der Waals surface area contributed by atoms with Gasteiger partial charge < -0.3 is 10.8 Å². The maximum absolute atomic E-state index is 10.7. The molecule has 0 bridgehead atoms. The van der Waals surface area contributed by atoms with E-state index in [1.807, 2.05) is 0 Å². The van der Waals surface area contributed by atoms with E-state index in [1.165, 1.54) is 6.42 Å². The van der Waals surface area contributed by atoms with Crippen LogP contribution in [0.3, 0.4) is 0 Å². The van der Waals surface area contributed by atoms with Gasteiger partial charge in [-0.15, -0.1) is 0 Å². The van der Waals surface area contributed by atoms with Crippen molar-refractivity contribution in [3.63, 3.8) is 0 Å². The van der Waals surface area contributed by atoms with E-state index in [0.29, 0.717) is 5.92 Å². The van der Waals surface area contributed by atoms with E-state index >= 15 is 0 Å². The zero-order chi connectivity index (χ0) is 10.6. The fraction of sp³-hybridized carbons (Fsp3) is 0.909. The summed E-state index contributed by atoms with van der Waals surface area (Å²) in [4.78, 5) is 10.7. The average molecular weight is 199 g/mol. The molecule has 1 rings (SSSR count). The van der Waals surface area contributed by atoms with Crippen LogP contribution in [0.2, 0.25) is 0 Å². The number of aliphatic carboxylic acids is 1. The topological polar surface area (TPSA) is 63.3 Å². The van der Waals surface area contributed by atoms with Gasteiger partial charge in [0.05, 0.1) is 5.92 Å². The van der Waals surface area contributed by atoms with Gasteiger partial charge in [0, 0.05) is 6.04 Å². The molecule has 0 heterocycles. The predicted octanol–water partition coefficient (Wildman–Crippen LogP) is 2.00. The average Bonchev–Trinajstić information content (AvgIpc) is 2.62. The minimum atomic E-state index is -0.643. The number of unbranched alkanes of at least 4 members (excludes halogenated alkanes) is 1. The van der Waals surface area contributed by atoms with Crippen molar-refractivity contribution < 1.29 is 9.90 Å². The van der Waals surface area contributed by atoms with Crippen LogP contribution in [0.15, 0.2) is 0 Å². The molecule has 0 aliphatic heterocycles. The number of carboxylic acid groups (broad SMARTS) is 1. The Labute approximate surface area is 85.7 Å². The molecular formula is C11H21NO2. The second-order valence-electron chi connectivity index (χ2n) is 4.41. The molecule has 0 amide bonds. The first kappa shape index (κ1) is 11.5. The Morgan fingerprint density at radius 3 is 2.79 bits per heavy atom. The van der Waals surface area contributed by atoms with Gasteiger partial charge in [0.2, 0.25) is 0 Å². The third kappa shape index (κ3) is 2.98. The van der Waals surface area contributed by atoms with Crippen molar-refractivity contribution in [3.8, 4) is 0 Å². The van der Waals surface area contributed by atoms with E-state index < -0.39 is 5.97 Å². The van der Waals surface area contributed by atoms with E-state index in [4.69, 9.17) is 10.8 Å². The van der Waals surface area contributed by atoms with Crippen LogP contribution in [0.1, 0.15) is 45.4 Å². The van der Waals surface area contributed by atoms with Crippen molar-refractivity contribution in [2.75, 3.05) is 0 Å². The van der Waals surface area contributed by atoms with Crippen molar-refractivity contribution in [3.05, 3.63) is 0 Å². The minimum absolute atomic E-state index is 0.132. The normalized spacial score (nSPS) is 29.0. The zero-order valence-corrected chi connectivity index (χ0v) is 8.91. The largest absolute Gasteiger partial charge is 0.481 e. The molecule has 3 atom stereocenters. The molecule has 0 aromatic carbocycles. The highest BCUT2D eigenvalue weighted by Crippen LogP contribution is 2.33. The first-order valence-corrected chi connectivity index (χ1v) is 5.63. The van der Waals surface area contributed by atoms with Crippen molar-refractivity contribution >= 4 is 5.97 Å². The number of hydrogen-bond acceptors (Lipinski definition) is 2. The molecule has 1 saturated carbocycles. The van der Waals surface area contributed by atoms with Crippen molar-refractivity contribution in [1.29, 1.82) is 0 Å². The summed E-state index contributed by atoms with van der Waals surface area (Å²) in [5.74, 6) is -0.328. The lowest BCUT2D eigenvalue weighted by molar-refractivity contribution is -0.141. The summed E-state index contributed by atoms with van der Waals surface area (Å²) in [7, 11) is 0. The highest BCUT2D eigenvalue weighted by atomic mass is 16.4. The van der Waals surface area contributed by atoms with Crippen LogP contribution < -0.4 is 5.73 Å². The van der Waals surface area contributed by atoms with Gasteiger partial charge in [0.1, 0.15) is 0 Å². The maximum Gasteiger partial charge on any atom is 0.306 e. The van der Waals surface area contributed by atoms with Gasteiger partial charge in [-0.3, -0.25) is 4.79 Å². The van der Waals surface area contributed by atoms with Crippen LogP contribution in [0, 0.1) is 11.8 Å². The van der Waals surface area contributed by atoms with Crippen molar-refractivity contribution in [1.82, 2.24) is 0 Å². The third-order valence-corrected chi connectivity index (χ3v) is 3.32. The van der Waals surface area contributed by atoms with E-state index in [0.717, 1.165) is 32.1 Å². The van der Waals surface area contributed by atoms with Crippen LogP contribution in [0.25, 0.3) is 0 Å². The van der Waals surface area contributed by atoms with Crippen molar-refractivity contribution in [2.24, 2.45) is 17.6 Å². The molecule has 3 unspecified atom stereocenters. The van der Waals surface area contributed by atoms with E-state index in [1.54, 1.807) is 0 Å². The Balaban J connectivity index is 2.30. The predicted molar refractivity (Wildman–Crippen MR) is 56.0 cm³/mol. The van der Waals surface area contributed by atoms with Gasteiger partial charge in [-0.05, 0) is 31.6 Å². The first-order valence-electron chi connectivity index (χ1n) is 5.63. The summed E-state index contributed by atoms with van der Waals surface area (Å²) in [6.07, 6.45) is 5.99. The molecule has 3 N–H and O–H groups in total. The number of rotatable bonds is 5. The lowest BCUT2D eigenvalue weighted by Gasteiger charge is -2.18. The Bertz CT molecular complexity index is 194. The highest BCUT2D eigenvalue weighted by Gasteiger charge is 2.32. The highest BCUT2D eigenvalue weighted by molar-refractivity contribution is 5.70. The molecule has 0 aromatic rings. The number of hydrogen-bond donors (Lipinski definition) is 2. The molecule has 0 aromatic heterocycles. The van der Waals surface area contributed by atoms with Gasteiger partial charge in [-0.1, -0.05) is 19.8 Å². The molecule has 0 radical (unpaired) electrons. The summed E-state index contributed by atoms with van der Waals surface area (Å²) in [6, 6.07) is 0.222. The molecule has 82 valence electrons. The smallest absolute Gasteiger partial charge is 0.306 e. The summed E-state index contributed by atoms with van der Waals surface area (Å²) >= 11 is 0. The number of carbonyl (C=O) groups is 1. The Kier molecular flexibility index (Phi) is 4.39. The lowest BCUT2D eigenvalue weighted by atomic mass is 9.93. The molecule has 1 fully saturated rings. The zero-order valence-electron chi connectivity index (χ0n) is 8.91. The quantitative estimate of drug-likeness (QED) is 0.712. The van der Waals surface area contributed by atoms with Gasteiger partial charge in [-0.2, -0.15) is 0 Å². The molecular weight excluding hydrogens is 178 g/mol. The Morgan fingerprint density at radius 1 is 1.57 bits per heavy atom. The fourth-order valence-corrected chi connectivity index (χ4v) is 2.31. The third-order valence-electron chi connectivity index (χ3n) is 3.32. The monoisotopic (exact) mass is 199 g/mol. The van der Waals surface area contributed by atoms with Crippen LogP contribution in [0.4, 0.5) is 0 Å². The van der Waals surface area contributed by atoms with E-state index in [-0.39, 0.29) is 12.0 Å². The standard InChI is InChI=1S/C11H21NO2/c1-2-3-4-10(12)8-5-6-9(7-8)11(13)14/h8-10H,2-7,12H2,1H3,(H,13,14). The van der Waals surface area contributed by atoms with Gasteiger partial charge >= 0.3 is 5.97 Å². The summed E-state index contributed by atoms with van der Waals surface area (Å²) in [5, 5.41) is 8.85. The molecule has 14 heavy (non-hydrogen) atoms. The SMILES string of the molecule is CCCCC(N)C1CCC(C(=O)O)C1. The fourth-order valence-electron chi connectivity index (χ4n) is 2.31. The van der Waals surface area contributed by atoms with Crippen LogP contribution in [-0.2, 0) is 4.79 Å². The summed E-state index contributed by atoms with van der Waals surface area (Å²) < 4.78 is 0. The van der Waals surface area contributed by atoms with Gasteiger partial charge in [-0.25, -0.2) is 0 Å². The second kappa shape index (κ2) is 5.35. The summed E-state index contributed by atoms with van der Waals surface area (Å²) in [5.41, 5.74) is 6.03. The molecule has 0 saturated heterocycles. The van der Waals surface area contributed by atoms with Crippen LogP contribution in [0.5, 0.6) is 0 Å².